The third kappa shape index (κ3) is 4.67. The second kappa shape index (κ2) is 7.29. The van der Waals surface area contributed by atoms with Crippen LogP contribution < -0.4 is 4.90 Å². The zero-order valence-corrected chi connectivity index (χ0v) is 14.5. The van der Waals surface area contributed by atoms with Crippen LogP contribution in [0.5, 0.6) is 0 Å². The molecule has 1 heterocycles. The van der Waals surface area contributed by atoms with E-state index in [0.717, 1.165) is 16.8 Å². The Morgan fingerprint density at radius 3 is 2.91 bits per heavy atom. The van der Waals surface area contributed by atoms with Crippen molar-refractivity contribution in [3.8, 4) is 0 Å². The molecule has 124 valence electrons. The molecule has 0 saturated carbocycles. The number of anilines is 1. The minimum absolute atomic E-state index is 0.00932. The van der Waals surface area contributed by atoms with Gasteiger partial charge in [-0.25, -0.2) is 4.99 Å². The van der Waals surface area contributed by atoms with Gasteiger partial charge in [0.2, 0.25) is 5.91 Å². The van der Waals surface area contributed by atoms with Gasteiger partial charge in [-0.1, -0.05) is 30.5 Å². The molecule has 6 heteroatoms. The van der Waals surface area contributed by atoms with Crippen LogP contribution in [0, 0.1) is 6.92 Å². The topological polar surface area (TPSA) is 62.1 Å². The molecular formula is C17H22N2O3S. The summed E-state index contributed by atoms with van der Waals surface area (Å²) >= 11 is 1.39. The number of hydrogen-bond acceptors (Lipinski definition) is 5. The van der Waals surface area contributed by atoms with Crippen LogP contribution in [0.2, 0.25) is 0 Å². The highest BCUT2D eigenvalue weighted by molar-refractivity contribution is 8.15. The first kappa shape index (κ1) is 17.7. The molecule has 1 aromatic rings. The summed E-state index contributed by atoms with van der Waals surface area (Å²) in [5.41, 5.74) is 1.82. The Bertz CT molecular complexity index is 635. The lowest BCUT2D eigenvalue weighted by molar-refractivity contribution is -0.115. The summed E-state index contributed by atoms with van der Waals surface area (Å²) in [6.45, 7) is 9.50. The Kier molecular flexibility index (Phi) is 5.62. The number of hydrogen-bond donors (Lipinski definition) is 1. The van der Waals surface area contributed by atoms with Crippen molar-refractivity contribution in [2.45, 2.75) is 33.0 Å². The van der Waals surface area contributed by atoms with Crippen molar-refractivity contribution in [1.29, 1.82) is 0 Å². The fourth-order valence-electron chi connectivity index (χ4n) is 2.19. The van der Waals surface area contributed by atoms with Gasteiger partial charge in [0.25, 0.3) is 0 Å². The predicted octanol–water partition coefficient (Wildman–Crippen LogP) is 2.86. The smallest absolute Gasteiger partial charge is 0.243 e. The summed E-state index contributed by atoms with van der Waals surface area (Å²) in [5.74, 6) is 0.356. The third-order valence-corrected chi connectivity index (χ3v) is 4.10. The molecule has 0 aliphatic carbocycles. The zero-order valence-electron chi connectivity index (χ0n) is 13.7. The molecular weight excluding hydrogens is 312 g/mol. The predicted molar refractivity (Wildman–Crippen MR) is 94.7 cm³/mol. The summed E-state index contributed by atoms with van der Waals surface area (Å²) in [4.78, 5) is 18.1. The van der Waals surface area contributed by atoms with Gasteiger partial charge in [-0.2, -0.15) is 0 Å². The number of carbonyl (C=O) groups excluding carboxylic acids is 1. The molecule has 0 bridgehead atoms. The maximum absolute atomic E-state index is 12.3. The van der Waals surface area contributed by atoms with Crippen LogP contribution in [0.4, 0.5) is 5.69 Å². The van der Waals surface area contributed by atoms with E-state index in [9.17, 15) is 9.90 Å². The Morgan fingerprint density at radius 1 is 1.52 bits per heavy atom. The van der Waals surface area contributed by atoms with E-state index in [-0.39, 0.29) is 12.5 Å². The van der Waals surface area contributed by atoms with E-state index in [1.54, 1.807) is 18.7 Å². The number of rotatable bonds is 6. The van der Waals surface area contributed by atoms with Crippen molar-refractivity contribution < 1.29 is 14.6 Å². The highest BCUT2D eigenvalue weighted by Crippen LogP contribution is 2.31. The highest BCUT2D eigenvalue weighted by atomic mass is 32.2. The monoisotopic (exact) mass is 334 g/mol. The van der Waals surface area contributed by atoms with Crippen molar-refractivity contribution in [3.05, 3.63) is 42.1 Å². The zero-order chi connectivity index (χ0) is 17.0. The Hall–Kier alpha value is -1.63. The maximum atomic E-state index is 12.3. The summed E-state index contributed by atoms with van der Waals surface area (Å²) < 4.78 is 5.60. The van der Waals surface area contributed by atoms with Crippen molar-refractivity contribution in [2.75, 3.05) is 17.3 Å². The van der Waals surface area contributed by atoms with E-state index in [1.807, 2.05) is 25.1 Å². The van der Waals surface area contributed by atoms with Gasteiger partial charge in [0.1, 0.15) is 0 Å². The average molecular weight is 334 g/mol. The minimum Gasteiger partial charge on any atom is -0.388 e. The first-order chi connectivity index (χ1) is 10.8. The molecule has 1 aromatic carbocycles. The molecule has 1 amide bonds. The Labute approximate surface area is 141 Å². The van der Waals surface area contributed by atoms with Crippen LogP contribution in [0.1, 0.15) is 25.0 Å². The lowest BCUT2D eigenvalue weighted by Crippen LogP contribution is -2.30. The van der Waals surface area contributed by atoms with Crippen molar-refractivity contribution in [2.24, 2.45) is 4.99 Å². The molecule has 0 atom stereocenters. The number of thioether (sulfide) groups is 1. The summed E-state index contributed by atoms with van der Waals surface area (Å²) in [7, 11) is 0. The summed E-state index contributed by atoms with van der Waals surface area (Å²) in [6.07, 6.45) is 1.44. The maximum Gasteiger partial charge on any atom is 0.243 e. The number of carbonyl (C=O) groups is 1. The molecule has 1 aliphatic rings. The van der Waals surface area contributed by atoms with Crippen molar-refractivity contribution in [3.63, 3.8) is 0 Å². The fraction of sp³-hybridized carbons (Fsp3) is 0.412. The van der Waals surface area contributed by atoms with Gasteiger partial charge in [0, 0.05) is 11.8 Å². The van der Waals surface area contributed by atoms with Gasteiger partial charge in [-0.05, 0) is 32.4 Å². The Morgan fingerprint density at radius 2 is 2.26 bits per heavy atom. The molecule has 0 unspecified atom stereocenters. The minimum atomic E-state index is -0.889. The van der Waals surface area contributed by atoms with E-state index >= 15 is 0 Å². The number of amidine groups is 1. The van der Waals surface area contributed by atoms with E-state index in [0.29, 0.717) is 17.5 Å². The van der Waals surface area contributed by atoms with Crippen LogP contribution in [-0.2, 0) is 16.1 Å². The molecule has 23 heavy (non-hydrogen) atoms. The second-order valence-electron chi connectivity index (χ2n) is 6.05. The molecule has 1 saturated heterocycles. The third-order valence-electron chi connectivity index (χ3n) is 3.16. The fourth-order valence-corrected chi connectivity index (χ4v) is 3.05. The number of amides is 1. The SMILES string of the molecule is C=CN=C1SCC(=O)N1c1cc(C)ccc1COCC(C)(C)O. The molecule has 1 N–H and O–H groups in total. The molecule has 0 radical (unpaired) electrons. The largest absolute Gasteiger partial charge is 0.388 e. The summed E-state index contributed by atoms with van der Waals surface area (Å²) in [6, 6.07) is 5.87. The number of nitrogens with zero attached hydrogens (tertiary/aromatic N) is 2. The number of aliphatic imine (C=N–C) groups is 1. The van der Waals surface area contributed by atoms with E-state index in [2.05, 4.69) is 11.6 Å². The average Bonchev–Trinajstić information content (AvgIpc) is 2.80. The van der Waals surface area contributed by atoms with Gasteiger partial charge in [0.05, 0.1) is 30.3 Å². The van der Waals surface area contributed by atoms with Gasteiger partial charge in [0.15, 0.2) is 5.17 Å². The number of aliphatic hydroxyl groups is 1. The van der Waals surface area contributed by atoms with E-state index < -0.39 is 5.60 Å². The standard InChI is InChI=1S/C17H22N2O3S/c1-5-18-16-19(15(20)10-23-16)14-8-12(2)6-7-13(14)9-22-11-17(3,4)21/h5-8,21H,1,9-11H2,2-4H3. The summed E-state index contributed by atoms with van der Waals surface area (Å²) in [5, 5.41) is 10.4. The lowest BCUT2D eigenvalue weighted by Gasteiger charge is -2.22. The van der Waals surface area contributed by atoms with Gasteiger partial charge in [-0.3, -0.25) is 9.69 Å². The van der Waals surface area contributed by atoms with Crippen LogP contribution in [0.3, 0.4) is 0 Å². The highest BCUT2D eigenvalue weighted by Gasteiger charge is 2.31. The van der Waals surface area contributed by atoms with E-state index in [4.69, 9.17) is 4.74 Å². The molecule has 1 aliphatic heterocycles. The van der Waals surface area contributed by atoms with E-state index in [1.165, 1.54) is 18.0 Å². The normalized spacial score (nSPS) is 17.1. The number of ether oxygens (including phenoxy) is 1. The van der Waals surface area contributed by atoms with Gasteiger partial charge >= 0.3 is 0 Å². The molecule has 5 nitrogen and oxygen atoms in total. The van der Waals surface area contributed by atoms with Crippen LogP contribution in [0.15, 0.2) is 36.0 Å². The van der Waals surface area contributed by atoms with Crippen LogP contribution in [-0.4, -0.2) is 34.1 Å². The lowest BCUT2D eigenvalue weighted by atomic mass is 10.1. The first-order valence-electron chi connectivity index (χ1n) is 7.36. The van der Waals surface area contributed by atoms with Gasteiger partial charge < -0.3 is 9.84 Å². The van der Waals surface area contributed by atoms with Gasteiger partial charge in [-0.15, -0.1) is 0 Å². The second-order valence-corrected chi connectivity index (χ2v) is 6.99. The first-order valence-corrected chi connectivity index (χ1v) is 8.34. The molecule has 0 spiro atoms. The van der Waals surface area contributed by atoms with Crippen LogP contribution >= 0.6 is 11.8 Å². The Balaban J connectivity index is 2.29. The van der Waals surface area contributed by atoms with Crippen LogP contribution in [0.25, 0.3) is 0 Å². The number of aryl methyl sites for hydroxylation is 1. The van der Waals surface area contributed by atoms with Crippen molar-refractivity contribution >= 4 is 28.5 Å². The number of benzene rings is 1. The molecule has 0 aromatic heterocycles. The molecule has 2 rings (SSSR count). The quantitative estimate of drug-likeness (QED) is 0.869. The molecule has 1 fully saturated rings. The van der Waals surface area contributed by atoms with Crippen molar-refractivity contribution in [1.82, 2.24) is 0 Å².